The fourth-order valence-electron chi connectivity index (χ4n) is 2.81. The molecule has 1 aliphatic heterocycles. The van der Waals surface area contributed by atoms with Crippen LogP contribution in [0.4, 0.5) is 5.69 Å². The van der Waals surface area contributed by atoms with E-state index in [-0.39, 0.29) is 18.4 Å². The minimum absolute atomic E-state index is 0.115. The highest BCUT2D eigenvalue weighted by Gasteiger charge is 2.37. The average molecular weight is 344 g/mol. The number of anilines is 1. The molecule has 1 aliphatic rings. The summed E-state index contributed by atoms with van der Waals surface area (Å²) in [4.78, 5) is 26.5. The Labute approximate surface area is 144 Å². The van der Waals surface area contributed by atoms with Crippen molar-refractivity contribution in [3.63, 3.8) is 0 Å². The molecule has 6 heteroatoms. The summed E-state index contributed by atoms with van der Waals surface area (Å²) in [5.74, 6) is -1.17. The Balaban J connectivity index is 1.58. The molecule has 0 aliphatic carbocycles. The summed E-state index contributed by atoms with van der Waals surface area (Å²) in [5, 5.41) is 16.4. The standard InChI is InChI=1S/C18H20N2O3S/c1-12-2-4-14(5-3-12)20-8-6-15(18(20)23)17(22)19-10-16(21)13-7-9-24-11-13/h2-5,7,9,11,15-16,21H,6,8,10H2,1H3,(H,19,22). The average Bonchev–Trinajstić information content (AvgIpc) is 3.23. The molecule has 24 heavy (non-hydrogen) atoms. The Morgan fingerprint density at radius 3 is 2.79 bits per heavy atom. The Morgan fingerprint density at radius 2 is 2.12 bits per heavy atom. The summed E-state index contributed by atoms with van der Waals surface area (Å²) in [5.41, 5.74) is 2.72. The number of amides is 2. The van der Waals surface area contributed by atoms with Crippen molar-refractivity contribution >= 4 is 28.8 Å². The smallest absolute Gasteiger partial charge is 0.239 e. The van der Waals surface area contributed by atoms with E-state index < -0.39 is 12.0 Å². The molecule has 2 aromatic rings. The maximum absolute atomic E-state index is 12.5. The third-order valence-corrected chi connectivity index (χ3v) is 4.97. The molecule has 2 heterocycles. The molecule has 0 bridgehead atoms. The van der Waals surface area contributed by atoms with Crippen LogP contribution in [0.1, 0.15) is 23.7 Å². The van der Waals surface area contributed by atoms with Crippen LogP contribution in [-0.2, 0) is 9.59 Å². The molecule has 2 amide bonds. The third-order valence-electron chi connectivity index (χ3n) is 4.27. The van der Waals surface area contributed by atoms with Gasteiger partial charge in [0.15, 0.2) is 0 Å². The van der Waals surface area contributed by atoms with Crippen LogP contribution in [0.2, 0.25) is 0 Å². The maximum Gasteiger partial charge on any atom is 0.239 e. The number of nitrogens with zero attached hydrogens (tertiary/aromatic N) is 1. The number of aryl methyl sites for hydroxylation is 1. The Hall–Kier alpha value is -2.18. The molecular weight excluding hydrogens is 324 g/mol. The summed E-state index contributed by atoms with van der Waals surface area (Å²) in [6, 6.07) is 9.52. The lowest BCUT2D eigenvalue weighted by Crippen LogP contribution is -2.38. The van der Waals surface area contributed by atoms with Crippen molar-refractivity contribution in [2.45, 2.75) is 19.4 Å². The van der Waals surface area contributed by atoms with Crippen molar-refractivity contribution in [2.24, 2.45) is 5.92 Å². The van der Waals surface area contributed by atoms with Gasteiger partial charge in [0.05, 0.1) is 6.10 Å². The zero-order valence-electron chi connectivity index (χ0n) is 13.4. The largest absolute Gasteiger partial charge is 0.387 e. The molecule has 5 nitrogen and oxygen atoms in total. The zero-order chi connectivity index (χ0) is 17.1. The van der Waals surface area contributed by atoms with Crippen molar-refractivity contribution in [3.05, 3.63) is 52.2 Å². The van der Waals surface area contributed by atoms with E-state index in [0.29, 0.717) is 13.0 Å². The van der Waals surface area contributed by atoms with Gasteiger partial charge in [-0.2, -0.15) is 11.3 Å². The number of hydrogen-bond donors (Lipinski definition) is 2. The molecule has 1 aromatic heterocycles. The zero-order valence-corrected chi connectivity index (χ0v) is 14.3. The summed E-state index contributed by atoms with van der Waals surface area (Å²) < 4.78 is 0. The summed E-state index contributed by atoms with van der Waals surface area (Å²) in [6.07, 6.45) is -0.252. The van der Waals surface area contributed by atoms with Crippen LogP contribution in [0.5, 0.6) is 0 Å². The molecule has 0 saturated carbocycles. The molecule has 2 unspecified atom stereocenters. The second-order valence-corrected chi connectivity index (χ2v) is 6.76. The first-order valence-electron chi connectivity index (χ1n) is 7.92. The first-order chi connectivity index (χ1) is 11.6. The lowest BCUT2D eigenvalue weighted by atomic mass is 10.1. The maximum atomic E-state index is 12.5. The predicted octanol–water partition coefficient (Wildman–Crippen LogP) is 2.26. The van der Waals surface area contributed by atoms with Gasteiger partial charge in [0, 0.05) is 18.8 Å². The van der Waals surface area contributed by atoms with Gasteiger partial charge in [0.2, 0.25) is 11.8 Å². The van der Waals surface area contributed by atoms with Crippen molar-refractivity contribution in [2.75, 3.05) is 18.0 Å². The quantitative estimate of drug-likeness (QED) is 0.818. The van der Waals surface area contributed by atoms with E-state index in [4.69, 9.17) is 0 Å². The van der Waals surface area contributed by atoms with E-state index >= 15 is 0 Å². The summed E-state index contributed by atoms with van der Waals surface area (Å²) in [6.45, 7) is 2.64. The Bertz CT molecular complexity index is 712. The first-order valence-corrected chi connectivity index (χ1v) is 8.86. The number of thiophene rings is 1. The Morgan fingerprint density at radius 1 is 1.38 bits per heavy atom. The molecule has 1 aromatic carbocycles. The second kappa shape index (κ2) is 7.15. The normalized spacial score (nSPS) is 18.7. The van der Waals surface area contributed by atoms with Crippen molar-refractivity contribution < 1.29 is 14.7 Å². The van der Waals surface area contributed by atoms with Crippen LogP contribution in [0.25, 0.3) is 0 Å². The number of benzene rings is 1. The molecule has 2 N–H and O–H groups in total. The van der Waals surface area contributed by atoms with Crippen LogP contribution < -0.4 is 10.2 Å². The van der Waals surface area contributed by atoms with E-state index in [0.717, 1.165) is 16.8 Å². The lowest BCUT2D eigenvalue weighted by molar-refractivity contribution is -0.132. The van der Waals surface area contributed by atoms with E-state index in [2.05, 4.69) is 5.32 Å². The van der Waals surface area contributed by atoms with Gasteiger partial charge < -0.3 is 15.3 Å². The fraction of sp³-hybridized carbons (Fsp3) is 0.333. The molecule has 0 spiro atoms. The Kier molecular flexibility index (Phi) is 4.97. The monoisotopic (exact) mass is 344 g/mol. The van der Waals surface area contributed by atoms with Crippen LogP contribution in [-0.4, -0.2) is 30.0 Å². The van der Waals surface area contributed by atoms with Gasteiger partial charge in [-0.3, -0.25) is 9.59 Å². The third kappa shape index (κ3) is 3.49. The van der Waals surface area contributed by atoms with Crippen LogP contribution in [0.3, 0.4) is 0 Å². The molecule has 3 rings (SSSR count). The number of carbonyl (C=O) groups is 2. The second-order valence-electron chi connectivity index (χ2n) is 5.98. The van der Waals surface area contributed by atoms with Crippen molar-refractivity contribution in [1.29, 1.82) is 0 Å². The summed E-state index contributed by atoms with van der Waals surface area (Å²) in [7, 11) is 0. The van der Waals surface area contributed by atoms with E-state index in [1.54, 1.807) is 4.90 Å². The van der Waals surface area contributed by atoms with E-state index in [9.17, 15) is 14.7 Å². The number of rotatable bonds is 5. The van der Waals surface area contributed by atoms with Crippen LogP contribution >= 0.6 is 11.3 Å². The molecule has 1 saturated heterocycles. The van der Waals surface area contributed by atoms with Gasteiger partial charge in [-0.25, -0.2) is 0 Å². The highest BCUT2D eigenvalue weighted by molar-refractivity contribution is 7.07. The van der Waals surface area contributed by atoms with Crippen LogP contribution in [0, 0.1) is 12.8 Å². The molecule has 126 valence electrons. The topological polar surface area (TPSA) is 69.6 Å². The van der Waals surface area contributed by atoms with Gasteiger partial charge in [0.25, 0.3) is 0 Å². The number of nitrogens with one attached hydrogen (secondary N) is 1. The predicted molar refractivity (Wildman–Crippen MR) is 93.9 cm³/mol. The minimum atomic E-state index is -0.745. The summed E-state index contributed by atoms with van der Waals surface area (Å²) >= 11 is 1.49. The fourth-order valence-corrected chi connectivity index (χ4v) is 3.51. The van der Waals surface area contributed by atoms with Crippen molar-refractivity contribution in [1.82, 2.24) is 5.32 Å². The van der Waals surface area contributed by atoms with Gasteiger partial charge in [-0.05, 0) is 47.9 Å². The highest BCUT2D eigenvalue weighted by Crippen LogP contribution is 2.26. The number of aliphatic hydroxyl groups is 1. The highest BCUT2D eigenvalue weighted by atomic mass is 32.1. The van der Waals surface area contributed by atoms with Crippen LogP contribution in [0.15, 0.2) is 41.1 Å². The minimum Gasteiger partial charge on any atom is -0.387 e. The SMILES string of the molecule is Cc1ccc(N2CCC(C(=O)NCC(O)c3ccsc3)C2=O)cc1. The van der Waals surface area contributed by atoms with Gasteiger partial charge >= 0.3 is 0 Å². The first kappa shape index (κ1) is 16.7. The molecule has 2 atom stereocenters. The molecule has 1 fully saturated rings. The molecule has 0 radical (unpaired) electrons. The number of carbonyl (C=O) groups excluding carboxylic acids is 2. The van der Waals surface area contributed by atoms with Crippen molar-refractivity contribution in [3.8, 4) is 0 Å². The van der Waals surface area contributed by atoms with Gasteiger partial charge in [-0.1, -0.05) is 17.7 Å². The van der Waals surface area contributed by atoms with Gasteiger partial charge in [0.1, 0.15) is 5.92 Å². The number of hydrogen-bond acceptors (Lipinski definition) is 4. The molecular formula is C18H20N2O3S. The number of aliphatic hydroxyl groups excluding tert-OH is 1. The van der Waals surface area contributed by atoms with E-state index in [1.807, 2.05) is 48.0 Å². The van der Waals surface area contributed by atoms with Gasteiger partial charge in [-0.15, -0.1) is 0 Å². The lowest BCUT2D eigenvalue weighted by Gasteiger charge is -2.17. The van der Waals surface area contributed by atoms with E-state index in [1.165, 1.54) is 11.3 Å².